The maximum Gasteiger partial charge on any atom is 0.299 e. The van der Waals surface area contributed by atoms with Gasteiger partial charge in [0.25, 0.3) is 11.8 Å². The maximum atomic E-state index is 15.6. The number of hydrogen-bond acceptors (Lipinski definition) is 7. The first-order valence-electron chi connectivity index (χ1n) is 13.6. The van der Waals surface area contributed by atoms with Crippen LogP contribution in [0.2, 0.25) is 0 Å². The molecule has 0 saturated carbocycles. The van der Waals surface area contributed by atoms with Crippen LogP contribution in [0.5, 0.6) is 0 Å². The molecular weight excluding hydrogens is 599 g/mol. The van der Waals surface area contributed by atoms with E-state index in [2.05, 4.69) is 10.6 Å². The van der Waals surface area contributed by atoms with Crippen molar-refractivity contribution in [2.24, 2.45) is 5.73 Å². The van der Waals surface area contributed by atoms with Gasteiger partial charge in [-0.25, -0.2) is 4.39 Å². The first-order valence-corrected chi connectivity index (χ1v) is 14.5. The SMILES string of the molecule is COC[C@@]1(F)C[C@@H](C(=O)NC(CO)c2cc(C(=N)N)cs2)N(C(=O)CNC(=O)c2ccc3c(c2)C(F)(F)c2ccccc2-3)C1. The summed E-state index contributed by atoms with van der Waals surface area (Å²) in [6, 6.07) is 9.31. The summed E-state index contributed by atoms with van der Waals surface area (Å²) in [4.78, 5) is 41.0. The van der Waals surface area contributed by atoms with Crippen LogP contribution in [0.15, 0.2) is 53.9 Å². The number of nitrogens with zero attached hydrogens (tertiary/aromatic N) is 1. The van der Waals surface area contributed by atoms with Crippen molar-refractivity contribution in [1.29, 1.82) is 5.41 Å². The molecule has 2 aliphatic rings. The monoisotopic (exact) mass is 629 g/mol. The second-order valence-electron chi connectivity index (χ2n) is 10.8. The minimum Gasteiger partial charge on any atom is -0.394 e. The average Bonchev–Trinajstić information content (AvgIpc) is 3.69. The summed E-state index contributed by atoms with van der Waals surface area (Å²) in [6.07, 6.45) is -0.395. The molecule has 3 aromatic rings. The van der Waals surface area contributed by atoms with E-state index in [9.17, 15) is 19.5 Å². The normalized spacial score (nSPS) is 20.5. The van der Waals surface area contributed by atoms with Gasteiger partial charge in [-0.2, -0.15) is 8.78 Å². The lowest BCUT2D eigenvalue weighted by molar-refractivity contribution is -0.138. The van der Waals surface area contributed by atoms with E-state index in [-0.39, 0.29) is 22.5 Å². The molecule has 1 unspecified atom stereocenters. The van der Waals surface area contributed by atoms with Crippen molar-refractivity contribution >= 4 is 34.9 Å². The number of rotatable bonds is 10. The Kier molecular flexibility index (Phi) is 8.51. The number of nitrogens with one attached hydrogen (secondary N) is 3. The van der Waals surface area contributed by atoms with Crippen LogP contribution in [0, 0.1) is 5.41 Å². The first kappa shape index (κ1) is 31.2. The Morgan fingerprint density at radius 2 is 1.86 bits per heavy atom. The summed E-state index contributed by atoms with van der Waals surface area (Å²) < 4.78 is 50.8. The van der Waals surface area contributed by atoms with E-state index >= 15 is 13.2 Å². The summed E-state index contributed by atoms with van der Waals surface area (Å²) in [6.45, 7) is -2.02. The minimum absolute atomic E-state index is 0.0920. The number of alkyl halides is 3. The van der Waals surface area contributed by atoms with Crippen LogP contribution in [0.1, 0.15) is 44.4 Å². The standard InChI is InChI=1S/C30H30F3N5O5S/c1-43-15-29(31)10-23(28(42)37-22(12-39)24-9-17(13-44-24)26(34)35)38(14-29)25(40)11-36-27(41)16-6-7-19-18-4-2-3-5-20(18)30(32,33)21(19)8-16/h2-9,13,22-23,39H,10-12,14-15H2,1H3,(H3,34,35)(H,36,41)(H,37,42)/t22?,23-,29+/m0/s1. The van der Waals surface area contributed by atoms with E-state index in [1.54, 1.807) is 23.6 Å². The highest BCUT2D eigenvalue weighted by atomic mass is 32.1. The molecular formula is C30H30F3N5O5S. The lowest BCUT2D eigenvalue weighted by atomic mass is 10.0. The van der Waals surface area contributed by atoms with Gasteiger partial charge >= 0.3 is 0 Å². The Morgan fingerprint density at radius 1 is 1.14 bits per heavy atom. The fourth-order valence-corrected chi connectivity index (χ4v) is 6.57. The van der Waals surface area contributed by atoms with Gasteiger partial charge in [-0.15, -0.1) is 11.3 Å². The van der Waals surface area contributed by atoms with Crippen molar-refractivity contribution in [3.63, 3.8) is 0 Å². The number of ether oxygens (including phenoxy) is 1. The number of nitrogen functional groups attached to an aromatic ring is 1. The third kappa shape index (κ3) is 5.79. The number of hydrogen-bond donors (Lipinski definition) is 5. The molecule has 1 aliphatic carbocycles. The van der Waals surface area contributed by atoms with Gasteiger partial charge in [0.05, 0.1) is 32.3 Å². The highest BCUT2D eigenvalue weighted by Crippen LogP contribution is 2.51. The lowest BCUT2D eigenvalue weighted by Crippen LogP contribution is -2.50. The molecule has 0 radical (unpaired) electrons. The van der Waals surface area contributed by atoms with Gasteiger partial charge in [-0.05, 0) is 29.3 Å². The van der Waals surface area contributed by atoms with Crippen molar-refractivity contribution in [1.82, 2.24) is 15.5 Å². The Hall–Kier alpha value is -4.27. The number of amidine groups is 1. The summed E-state index contributed by atoms with van der Waals surface area (Å²) >= 11 is 1.16. The van der Waals surface area contributed by atoms with E-state index in [0.717, 1.165) is 22.3 Å². The first-order chi connectivity index (χ1) is 20.9. The molecule has 1 aliphatic heterocycles. The van der Waals surface area contributed by atoms with Crippen LogP contribution in [0.4, 0.5) is 13.2 Å². The van der Waals surface area contributed by atoms with Gasteiger partial charge in [0.2, 0.25) is 11.8 Å². The van der Waals surface area contributed by atoms with Crippen molar-refractivity contribution in [2.75, 3.05) is 33.4 Å². The van der Waals surface area contributed by atoms with Crippen molar-refractivity contribution in [3.8, 4) is 11.1 Å². The van der Waals surface area contributed by atoms with E-state index in [1.807, 2.05) is 0 Å². The molecule has 2 aromatic carbocycles. The van der Waals surface area contributed by atoms with Crippen molar-refractivity contribution in [2.45, 2.75) is 30.1 Å². The Labute approximate surface area is 254 Å². The predicted molar refractivity (Wildman–Crippen MR) is 156 cm³/mol. The molecule has 10 nitrogen and oxygen atoms in total. The third-order valence-electron chi connectivity index (χ3n) is 7.76. The second-order valence-corrected chi connectivity index (χ2v) is 11.7. The molecule has 44 heavy (non-hydrogen) atoms. The van der Waals surface area contributed by atoms with Crippen LogP contribution in [0.25, 0.3) is 11.1 Å². The van der Waals surface area contributed by atoms with Gasteiger partial charge in [0.1, 0.15) is 11.9 Å². The molecule has 3 atom stereocenters. The van der Waals surface area contributed by atoms with Crippen LogP contribution < -0.4 is 16.4 Å². The Bertz CT molecular complexity index is 1630. The van der Waals surface area contributed by atoms with Gasteiger partial charge in [-0.3, -0.25) is 19.8 Å². The molecule has 0 spiro atoms. The number of carbonyl (C=O) groups is 3. The number of halogens is 3. The molecule has 1 saturated heterocycles. The van der Waals surface area contributed by atoms with E-state index in [4.69, 9.17) is 15.9 Å². The predicted octanol–water partition coefficient (Wildman–Crippen LogP) is 2.69. The number of fused-ring (bicyclic) bond motifs is 3. The van der Waals surface area contributed by atoms with Crippen LogP contribution in [0.3, 0.4) is 0 Å². The summed E-state index contributed by atoms with van der Waals surface area (Å²) in [5.41, 5.74) is 3.96. The zero-order valence-corrected chi connectivity index (χ0v) is 24.3. The highest BCUT2D eigenvalue weighted by Gasteiger charge is 2.50. The lowest BCUT2D eigenvalue weighted by Gasteiger charge is -2.25. The molecule has 14 heteroatoms. The molecule has 6 N–H and O–H groups in total. The number of aliphatic hydroxyl groups is 1. The number of aliphatic hydroxyl groups excluding tert-OH is 1. The molecule has 2 heterocycles. The van der Waals surface area contributed by atoms with Gasteiger partial charge in [0.15, 0.2) is 5.67 Å². The molecule has 5 rings (SSSR count). The zero-order chi connectivity index (χ0) is 31.8. The second kappa shape index (κ2) is 12.0. The van der Waals surface area contributed by atoms with Gasteiger partial charge in [0, 0.05) is 46.0 Å². The largest absolute Gasteiger partial charge is 0.394 e. The summed E-state index contributed by atoms with van der Waals surface area (Å²) in [7, 11) is 1.28. The quantitative estimate of drug-likeness (QED) is 0.171. The maximum absolute atomic E-state index is 15.6. The molecule has 232 valence electrons. The van der Waals surface area contributed by atoms with Crippen LogP contribution in [-0.2, 0) is 20.2 Å². The number of likely N-dealkylation sites (tertiary alicyclic amines) is 1. The smallest absolute Gasteiger partial charge is 0.299 e. The Balaban J connectivity index is 1.29. The number of benzene rings is 2. The highest BCUT2D eigenvalue weighted by molar-refractivity contribution is 7.10. The molecule has 3 amide bonds. The molecule has 1 fully saturated rings. The van der Waals surface area contributed by atoms with Crippen LogP contribution in [-0.4, -0.2) is 78.7 Å². The Morgan fingerprint density at radius 3 is 2.55 bits per heavy atom. The average molecular weight is 630 g/mol. The van der Waals surface area contributed by atoms with Crippen LogP contribution >= 0.6 is 11.3 Å². The van der Waals surface area contributed by atoms with Gasteiger partial charge < -0.3 is 31.1 Å². The third-order valence-corrected chi connectivity index (χ3v) is 8.81. The van der Waals surface area contributed by atoms with Crippen molar-refractivity contribution in [3.05, 3.63) is 81.0 Å². The number of carbonyl (C=O) groups excluding carboxylic acids is 3. The van der Waals surface area contributed by atoms with E-state index < -0.39 is 74.1 Å². The number of methoxy groups -OCH3 is 1. The van der Waals surface area contributed by atoms with E-state index in [0.29, 0.717) is 21.6 Å². The molecule has 1 aromatic heterocycles. The fourth-order valence-electron chi connectivity index (χ4n) is 5.62. The summed E-state index contributed by atoms with van der Waals surface area (Å²) in [5.74, 6) is -5.80. The summed E-state index contributed by atoms with van der Waals surface area (Å²) in [5, 5.41) is 24.1. The zero-order valence-electron chi connectivity index (χ0n) is 23.5. The minimum atomic E-state index is -3.30. The number of nitrogens with two attached hydrogens (primary N) is 1. The molecule has 0 bridgehead atoms. The fraction of sp³-hybridized carbons (Fsp3) is 0.333. The number of thiophene rings is 1. The number of amides is 3. The van der Waals surface area contributed by atoms with Gasteiger partial charge in [-0.1, -0.05) is 30.3 Å². The van der Waals surface area contributed by atoms with Crippen molar-refractivity contribution < 1.29 is 37.4 Å². The topological polar surface area (TPSA) is 158 Å². The van der Waals surface area contributed by atoms with E-state index in [1.165, 1.54) is 31.4 Å².